The number of nitrogens with zero attached hydrogens (tertiary/aromatic N) is 4. The van der Waals surface area contributed by atoms with E-state index in [0.29, 0.717) is 6.54 Å². The lowest BCUT2D eigenvalue weighted by Gasteiger charge is -2.13. The summed E-state index contributed by atoms with van der Waals surface area (Å²) in [4.78, 5) is 6.85. The van der Waals surface area contributed by atoms with Crippen molar-refractivity contribution in [3.63, 3.8) is 0 Å². The van der Waals surface area contributed by atoms with Crippen molar-refractivity contribution in [3.8, 4) is 6.07 Å². The summed E-state index contributed by atoms with van der Waals surface area (Å²) in [5.74, 6) is 1.01. The lowest BCUT2D eigenvalue weighted by molar-refractivity contribution is 0.384. The van der Waals surface area contributed by atoms with Crippen molar-refractivity contribution in [1.29, 1.82) is 5.26 Å². The van der Waals surface area contributed by atoms with Gasteiger partial charge in [0.25, 0.3) is 0 Å². The van der Waals surface area contributed by atoms with Crippen LogP contribution < -0.4 is 0 Å². The summed E-state index contributed by atoms with van der Waals surface area (Å²) >= 11 is 0. The van der Waals surface area contributed by atoms with E-state index >= 15 is 0 Å². The molecule has 0 spiro atoms. The van der Waals surface area contributed by atoms with Crippen LogP contribution in [-0.2, 0) is 13.1 Å². The van der Waals surface area contributed by atoms with Crippen LogP contribution in [0.5, 0.6) is 0 Å². The third-order valence-electron chi connectivity index (χ3n) is 3.66. The minimum absolute atomic E-state index is 0.660. The SMILES string of the molecule is CN(C)Cc1nc2ccccc2n1Cc1ccccc1C#N. The van der Waals surface area contributed by atoms with Crippen molar-refractivity contribution in [2.45, 2.75) is 13.1 Å². The highest BCUT2D eigenvalue weighted by Gasteiger charge is 2.12. The number of hydrogen-bond donors (Lipinski definition) is 0. The molecule has 0 aliphatic carbocycles. The zero-order valence-electron chi connectivity index (χ0n) is 12.8. The van der Waals surface area contributed by atoms with Crippen molar-refractivity contribution in [3.05, 3.63) is 65.5 Å². The monoisotopic (exact) mass is 290 g/mol. The predicted octanol–water partition coefficient (Wildman–Crippen LogP) is 3.02. The van der Waals surface area contributed by atoms with Gasteiger partial charge in [-0.05, 0) is 37.9 Å². The lowest BCUT2D eigenvalue weighted by Crippen LogP contribution is -2.16. The van der Waals surface area contributed by atoms with Crippen molar-refractivity contribution >= 4 is 11.0 Å². The first-order chi connectivity index (χ1) is 10.7. The van der Waals surface area contributed by atoms with Gasteiger partial charge in [-0.1, -0.05) is 30.3 Å². The lowest BCUT2D eigenvalue weighted by atomic mass is 10.1. The van der Waals surface area contributed by atoms with E-state index < -0.39 is 0 Å². The summed E-state index contributed by atoms with van der Waals surface area (Å²) in [6, 6.07) is 18.1. The Balaban J connectivity index is 2.10. The molecule has 0 saturated heterocycles. The number of fused-ring (bicyclic) bond motifs is 1. The molecule has 0 radical (unpaired) electrons. The van der Waals surface area contributed by atoms with Gasteiger partial charge in [0, 0.05) is 0 Å². The van der Waals surface area contributed by atoms with Gasteiger partial charge >= 0.3 is 0 Å². The minimum atomic E-state index is 0.660. The zero-order valence-corrected chi connectivity index (χ0v) is 12.8. The van der Waals surface area contributed by atoms with Crippen LogP contribution in [0.3, 0.4) is 0 Å². The van der Waals surface area contributed by atoms with Gasteiger partial charge in [0.15, 0.2) is 0 Å². The molecule has 4 heteroatoms. The topological polar surface area (TPSA) is 44.9 Å². The Morgan fingerprint density at radius 2 is 1.82 bits per heavy atom. The summed E-state index contributed by atoms with van der Waals surface area (Å²) in [6.07, 6.45) is 0. The minimum Gasteiger partial charge on any atom is -0.322 e. The van der Waals surface area contributed by atoms with Gasteiger partial charge in [-0.25, -0.2) is 4.98 Å². The van der Waals surface area contributed by atoms with Crippen LogP contribution >= 0.6 is 0 Å². The Labute approximate surface area is 130 Å². The predicted molar refractivity (Wildman–Crippen MR) is 87.4 cm³/mol. The average molecular weight is 290 g/mol. The first-order valence-electron chi connectivity index (χ1n) is 7.26. The first-order valence-corrected chi connectivity index (χ1v) is 7.26. The third kappa shape index (κ3) is 2.72. The number of nitriles is 1. The van der Waals surface area contributed by atoms with E-state index in [4.69, 9.17) is 4.98 Å². The van der Waals surface area contributed by atoms with Crippen molar-refractivity contribution in [2.75, 3.05) is 14.1 Å². The summed E-state index contributed by atoms with van der Waals surface area (Å²) in [5.41, 5.74) is 3.84. The fraction of sp³-hybridized carbons (Fsp3) is 0.222. The van der Waals surface area contributed by atoms with E-state index in [9.17, 15) is 5.26 Å². The quantitative estimate of drug-likeness (QED) is 0.742. The Hall–Kier alpha value is -2.64. The van der Waals surface area contributed by atoms with Gasteiger partial charge in [-0.3, -0.25) is 0 Å². The average Bonchev–Trinajstić information content (AvgIpc) is 2.85. The molecule has 0 unspecified atom stereocenters. The molecule has 0 saturated carbocycles. The van der Waals surface area contributed by atoms with Crippen LogP contribution in [0.2, 0.25) is 0 Å². The van der Waals surface area contributed by atoms with Crippen molar-refractivity contribution < 1.29 is 0 Å². The first kappa shape index (κ1) is 14.3. The molecular formula is C18H18N4. The third-order valence-corrected chi connectivity index (χ3v) is 3.66. The number of rotatable bonds is 4. The molecule has 3 aromatic rings. The number of para-hydroxylation sites is 2. The van der Waals surface area contributed by atoms with Crippen molar-refractivity contribution in [1.82, 2.24) is 14.5 Å². The Kier molecular flexibility index (Phi) is 3.90. The second-order valence-electron chi connectivity index (χ2n) is 5.61. The smallest absolute Gasteiger partial charge is 0.124 e. The molecule has 0 amide bonds. The molecule has 0 bridgehead atoms. The fourth-order valence-corrected chi connectivity index (χ4v) is 2.64. The molecule has 1 aromatic heterocycles. The number of benzene rings is 2. The van der Waals surface area contributed by atoms with Crippen LogP contribution in [0.25, 0.3) is 11.0 Å². The Bertz CT molecular complexity index is 840. The zero-order chi connectivity index (χ0) is 15.5. The molecular weight excluding hydrogens is 272 g/mol. The molecule has 0 fully saturated rings. The van der Waals surface area contributed by atoms with E-state index in [1.807, 2.05) is 56.6 Å². The highest BCUT2D eigenvalue weighted by molar-refractivity contribution is 5.76. The van der Waals surface area contributed by atoms with Crippen LogP contribution in [0, 0.1) is 11.3 Å². The second kappa shape index (κ2) is 6.00. The fourth-order valence-electron chi connectivity index (χ4n) is 2.64. The molecule has 2 aromatic carbocycles. The van der Waals surface area contributed by atoms with E-state index in [0.717, 1.165) is 34.5 Å². The molecule has 1 heterocycles. The van der Waals surface area contributed by atoms with Gasteiger partial charge in [0.2, 0.25) is 0 Å². The molecule has 0 atom stereocenters. The van der Waals surface area contributed by atoms with Crippen LogP contribution in [0.15, 0.2) is 48.5 Å². The maximum atomic E-state index is 9.29. The van der Waals surface area contributed by atoms with Gasteiger partial charge in [0.05, 0.1) is 35.8 Å². The highest BCUT2D eigenvalue weighted by atomic mass is 15.2. The van der Waals surface area contributed by atoms with E-state index in [-0.39, 0.29) is 0 Å². The van der Waals surface area contributed by atoms with Crippen LogP contribution in [-0.4, -0.2) is 28.5 Å². The summed E-state index contributed by atoms with van der Waals surface area (Å²) in [5, 5.41) is 9.29. The summed E-state index contributed by atoms with van der Waals surface area (Å²) in [6.45, 7) is 1.43. The molecule has 22 heavy (non-hydrogen) atoms. The van der Waals surface area contributed by atoms with E-state index in [1.165, 1.54) is 0 Å². The highest BCUT2D eigenvalue weighted by Crippen LogP contribution is 2.20. The molecule has 4 nitrogen and oxygen atoms in total. The molecule has 0 N–H and O–H groups in total. The molecule has 0 aliphatic rings. The Morgan fingerprint density at radius 3 is 2.59 bits per heavy atom. The number of aromatic nitrogens is 2. The van der Waals surface area contributed by atoms with E-state index in [1.54, 1.807) is 0 Å². The van der Waals surface area contributed by atoms with Gasteiger partial charge in [0.1, 0.15) is 5.82 Å². The van der Waals surface area contributed by atoms with Crippen molar-refractivity contribution in [2.24, 2.45) is 0 Å². The normalized spacial score (nSPS) is 11.0. The van der Waals surface area contributed by atoms with Crippen LogP contribution in [0.1, 0.15) is 17.0 Å². The number of imidazole rings is 1. The van der Waals surface area contributed by atoms with E-state index in [2.05, 4.69) is 21.6 Å². The van der Waals surface area contributed by atoms with Gasteiger partial charge in [-0.15, -0.1) is 0 Å². The van der Waals surface area contributed by atoms with Crippen LogP contribution in [0.4, 0.5) is 0 Å². The molecule has 3 rings (SSSR count). The van der Waals surface area contributed by atoms with Gasteiger partial charge < -0.3 is 9.47 Å². The number of hydrogen-bond acceptors (Lipinski definition) is 3. The maximum Gasteiger partial charge on any atom is 0.124 e. The summed E-state index contributed by atoms with van der Waals surface area (Å²) in [7, 11) is 4.07. The molecule has 110 valence electrons. The standard InChI is InChI=1S/C18H18N4/c1-21(2)13-18-20-16-9-5-6-10-17(16)22(18)12-15-8-4-3-7-14(15)11-19/h3-10H,12-13H2,1-2H3. The second-order valence-corrected chi connectivity index (χ2v) is 5.61. The summed E-state index contributed by atoms with van der Waals surface area (Å²) < 4.78 is 2.20. The van der Waals surface area contributed by atoms with Gasteiger partial charge in [-0.2, -0.15) is 5.26 Å². The molecule has 0 aliphatic heterocycles. The largest absolute Gasteiger partial charge is 0.322 e. The maximum absolute atomic E-state index is 9.29. The Morgan fingerprint density at radius 1 is 1.09 bits per heavy atom.